The maximum absolute atomic E-state index is 13.9. The van der Waals surface area contributed by atoms with Crippen molar-refractivity contribution < 1.29 is 18.7 Å². The minimum Gasteiger partial charge on any atom is -0.496 e. The van der Waals surface area contributed by atoms with Crippen molar-refractivity contribution in [2.45, 2.75) is 19.5 Å². The van der Waals surface area contributed by atoms with Gasteiger partial charge in [-0.3, -0.25) is 9.69 Å². The number of carbonyl (C=O) groups is 1. The lowest BCUT2D eigenvalue weighted by Gasteiger charge is -2.29. The number of nitrogens with zero attached hydrogens (tertiary/aromatic N) is 2. The molecule has 0 radical (unpaired) electrons. The van der Waals surface area contributed by atoms with Gasteiger partial charge in [-0.15, -0.1) is 0 Å². The predicted molar refractivity (Wildman–Crippen MR) is 108 cm³/mol. The lowest BCUT2D eigenvalue weighted by atomic mass is 9.89. The molecule has 2 aliphatic rings. The normalized spacial score (nSPS) is 23.9. The van der Waals surface area contributed by atoms with Crippen molar-refractivity contribution in [1.29, 1.82) is 0 Å². The first-order valence-corrected chi connectivity index (χ1v) is 9.96. The summed E-state index contributed by atoms with van der Waals surface area (Å²) in [6.45, 7) is 4.76. The molecule has 1 amide bonds. The number of methoxy groups -OCH3 is 2. The molecule has 2 fully saturated rings. The Hall–Kier alpha value is -2.60. The molecule has 0 bridgehead atoms. The van der Waals surface area contributed by atoms with Crippen molar-refractivity contribution in [3.63, 3.8) is 0 Å². The fourth-order valence-electron chi connectivity index (χ4n) is 5.02. The van der Waals surface area contributed by atoms with E-state index >= 15 is 0 Å². The summed E-state index contributed by atoms with van der Waals surface area (Å²) in [4.78, 5) is 16.6. The van der Waals surface area contributed by atoms with Gasteiger partial charge in [-0.05, 0) is 35.7 Å². The Morgan fingerprint density at radius 2 is 1.76 bits per heavy atom. The molecule has 2 aromatic carbocycles. The van der Waals surface area contributed by atoms with Crippen LogP contribution in [0.2, 0.25) is 0 Å². The second-order valence-corrected chi connectivity index (χ2v) is 7.93. The highest BCUT2D eigenvalue weighted by atomic mass is 19.1. The Balaban J connectivity index is 1.58. The summed E-state index contributed by atoms with van der Waals surface area (Å²) in [6.07, 6.45) is 0. The molecule has 154 valence electrons. The highest BCUT2D eigenvalue weighted by Crippen LogP contribution is 2.46. The summed E-state index contributed by atoms with van der Waals surface area (Å²) in [5.41, 5.74) is 1.91. The summed E-state index contributed by atoms with van der Waals surface area (Å²) >= 11 is 0. The molecule has 0 aliphatic carbocycles. The lowest BCUT2D eigenvalue weighted by molar-refractivity contribution is -0.130. The maximum atomic E-state index is 13.9. The van der Waals surface area contributed by atoms with Crippen molar-refractivity contribution in [3.05, 3.63) is 59.4 Å². The van der Waals surface area contributed by atoms with Gasteiger partial charge in [0, 0.05) is 39.0 Å². The Labute approximate surface area is 171 Å². The zero-order valence-electron chi connectivity index (χ0n) is 17.1. The summed E-state index contributed by atoms with van der Waals surface area (Å²) < 4.78 is 25.0. The van der Waals surface area contributed by atoms with Crippen molar-refractivity contribution in [2.75, 3.05) is 33.9 Å². The average molecular weight is 398 g/mol. The molecule has 29 heavy (non-hydrogen) atoms. The van der Waals surface area contributed by atoms with E-state index < -0.39 is 0 Å². The van der Waals surface area contributed by atoms with Crippen molar-refractivity contribution in [3.8, 4) is 11.5 Å². The van der Waals surface area contributed by atoms with E-state index in [0.717, 1.165) is 42.3 Å². The molecule has 0 aromatic heterocycles. The molecule has 2 aromatic rings. The summed E-state index contributed by atoms with van der Waals surface area (Å²) in [5, 5.41) is 0. The largest absolute Gasteiger partial charge is 0.496 e. The van der Waals surface area contributed by atoms with Gasteiger partial charge in [0.25, 0.3) is 0 Å². The van der Waals surface area contributed by atoms with E-state index in [9.17, 15) is 9.18 Å². The number of rotatable bonds is 5. The second kappa shape index (κ2) is 8.03. The van der Waals surface area contributed by atoms with Crippen LogP contribution in [-0.2, 0) is 11.3 Å². The molecule has 6 heteroatoms. The summed E-state index contributed by atoms with van der Waals surface area (Å²) in [6, 6.07) is 12.4. The number of hydrogen-bond acceptors (Lipinski definition) is 4. The minimum atomic E-state index is -0.261. The zero-order valence-corrected chi connectivity index (χ0v) is 17.1. The number of carbonyl (C=O) groups excluding carboxylic acids is 1. The van der Waals surface area contributed by atoms with Crippen molar-refractivity contribution in [2.24, 2.45) is 11.8 Å². The fraction of sp³-hybridized carbons (Fsp3) is 0.435. The highest BCUT2D eigenvalue weighted by Gasteiger charge is 2.48. The molecule has 4 rings (SSSR count). The maximum Gasteiger partial charge on any atom is 0.219 e. The smallest absolute Gasteiger partial charge is 0.219 e. The van der Waals surface area contributed by atoms with Gasteiger partial charge >= 0.3 is 0 Å². The van der Waals surface area contributed by atoms with Gasteiger partial charge in [-0.25, -0.2) is 4.39 Å². The second-order valence-electron chi connectivity index (χ2n) is 7.93. The first-order valence-electron chi connectivity index (χ1n) is 9.96. The Kier molecular flexibility index (Phi) is 5.46. The summed E-state index contributed by atoms with van der Waals surface area (Å²) in [7, 11) is 3.34. The molecule has 0 unspecified atom stereocenters. The topological polar surface area (TPSA) is 42.0 Å². The van der Waals surface area contributed by atoms with E-state index in [1.54, 1.807) is 33.3 Å². The van der Waals surface area contributed by atoms with Crippen LogP contribution in [0.4, 0.5) is 4.39 Å². The van der Waals surface area contributed by atoms with Crippen LogP contribution in [0.15, 0.2) is 42.5 Å². The highest BCUT2D eigenvalue weighted by molar-refractivity contribution is 5.74. The van der Waals surface area contributed by atoms with Crippen molar-refractivity contribution in [1.82, 2.24) is 9.80 Å². The van der Waals surface area contributed by atoms with Crippen LogP contribution in [0.1, 0.15) is 24.1 Å². The Bertz CT molecular complexity index is 881. The summed E-state index contributed by atoms with van der Waals surface area (Å²) in [5.74, 6) is 2.06. The van der Waals surface area contributed by atoms with Crippen LogP contribution in [0, 0.1) is 17.7 Å². The van der Waals surface area contributed by atoms with Crippen molar-refractivity contribution >= 4 is 5.91 Å². The average Bonchev–Trinajstić information content (AvgIpc) is 3.25. The van der Waals surface area contributed by atoms with E-state index in [0.29, 0.717) is 12.5 Å². The third-order valence-electron chi connectivity index (χ3n) is 6.25. The Morgan fingerprint density at radius 3 is 2.38 bits per heavy atom. The van der Waals surface area contributed by atoms with Gasteiger partial charge < -0.3 is 14.4 Å². The van der Waals surface area contributed by atoms with Gasteiger partial charge in [-0.2, -0.15) is 0 Å². The number of fused-ring (bicyclic) bond motifs is 1. The predicted octanol–water partition coefficient (Wildman–Crippen LogP) is 3.49. The van der Waals surface area contributed by atoms with E-state index in [1.807, 2.05) is 29.2 Å². The quantitative estimate of drug-likeness (QED) is 0.773. The number of hydrogen-bond donors (Lipinski definition) is 0. The SMILES string of the molecule is COc1cccc(OC)c1CN1C[C@@H]2CN(C(C)=O)[C@@H](c3cccc(F)c3)[C@@H]2C1. The van der Waals surface area contributed by atoms with Crippen LogP contribution >= 0.6 is 0 Å². The molecule has 2 saturated heterocycles. The molecule has 0 N–H and O–H groups in total. The van der Waals surface area contributed by atoms with Crippen LogP contribution in [0.25, 0.3) is 0 Å². The first kappa shape index (κ1) is 19.7. The van der Waals surface area contributed by atoms with E-state index in [2.05, 4.69) is 4.90 Å². The van der Waals surface area contributed by atoms with Crippen LogP contribution in [0.5, 0.6) is 11.5 Å². The van der Waals surface area contributed by atoms with E-state index in [-0.39, 0.29) is 23.7 Å². The standard InChI is InChI=1S/C23H27FN2O3/c1-15(27)26-12-17-11-25(14-20-21(28-2)8-5-9-22(20)29-3)13-19(17)23(26)16-6-4-7-18(24)10-16/h4-10,17,19,23H,11-14H2,1-3H3/t17-,19-,23+/m1/s1. The number of ether oxygens (including phenoxy) is 2. The van der Waals surface area contributed by atoms with E-state index in [1.165, 1.54) is 6.07 Å². The van der Waals surface area contributed by atoms with E-state index in [4.69, 9.17) is 9.47 Å². The molecular weight excluding hydrogens is 371 g/mol. The Morgan fingerprint density at radius 1 is 1.07 bits per heavy atom. The number of halogens is 1. The third-order valence-corrected chi connectivity index (χ3v) is 6.25. The first-order chi connectivity index (χ1) is 14.0. The van der Waals surface area contributed by atoms with Crippen LogP contribution in [-0.4, -0.2) is 49.6 Å². The molecule has 0 spiro atoms. The van der Waals surface area contributed by atoms with Crippen LogP contribution in [0.3, 0.4) is 0 Å². The molecule has 5 nitrogen and oxygen atoms in total. The number of amides is 1. The minimum absolute atomic E-state index is 0.0478. The molecule has 2 heterocycles. The monoisotopic (exact) mass is 398 g/mol. The molecule has 2 aliphatic heterocycles. The molecular formula is C23H27FN2O3. The molecule has 0 saturated carbocycles. The van der Waals surface area contributed by atoms with Gasteiger partial charge in [0.1, 0.15) is 17.3 Å². The van der Waals surface area contributed by atoms with Gasteiger partial charge in [0.05, 0.1) is 25.8 Å². The van der Waals surface area contributed by atoms with Gasteiger partial charge in [0.15, 0.2) is 0 Å². The molecule has 3 atom stereocenters. The van der Waals surface area contributed by atoms with Crippen LogP contribution < -0.4 is 9.47 Å². The lowest BCUT2D eigenvalue weighted by Crippen LogP contribution is -2.34. The third kappa shape index (κ3) is 3.69. The zero-order chi connectivity index (χ0) is 20.5. The van der Waals surface area contributed by atoms with Gasteiger partial charge in [0.2, 0.25) is 5.91 Å². The number of likely N-dealkylation sites (tertiary alicyclic amines) is 2. The number of benzene rings is 2. The van der Waals surface area contributed by atoms with Gasteiger partial charge in [-0.1, -0.05) is 18.2 Å². The fourth-order valence-corrected chi connectivity index (χ4v) is 5.02.